The van der Waals surface area contributed by atoms with Gasteiger partial charge >= 0.3 is 11.6 Å². The molecule has 3 rings (SSSR count). The lowest BCUT2D eigenvalue weighted by atomic mass is 10.0. The maximum atomic E-state index is 12.4. The van der Waals surface area contributed by atoms with Crippen molar-refractivity contribution in [2.24, 2.45) is 0 Å². The zero-order valence-electron chi connectivity index (χ0n) is 15.8. The highest BCUT2D eigenvalue weighted by Crippen LogP contribution is 2.25. The van der Waals surface area contributed by atoms with Crippen LogP contribution in [0.5, 0.6) is 5.75 Å². The highest BCUT2D eigenvalue weighted by Gasteiger charge is 2.14. The number of ether oxygens (including phenoxy) is 2. The molecule has 0 N–H and O–H groups in total. The molecule has 0 atom stereocenters. The second-order valence-electron chi connectivity index (χ2n) is 6.37. The fraction of sp³-hybridized carbons (Fsp3) is 0.273. The topological polar surface area (TPSA) is 65.7 Å². The number of esters is 1. The van der Waals surface area contributed by atoms with Crippen molar-refractivity contribution in [2.45, 2.75) is 33.3 Å². The van der Waals surface area contributed by atoms with E-state index in [4.69, 9.17) is 25.5 Å². The maximum Gasteiger partial charge on any atom is 0.339 e. The Morgan fingerprint density at radius 2 is 1.89 bits per heavy atom. The molecule has 0 spiro atoms. The first-order valence-electron chi connectivity index (χ1n) is 9.07. The number of benzene rings is 2. The Hall–Kier alpha value is -2.79. The minimum atomic E-state index is -0.441. The molecule has 0 fully saturated rings. The third-order valence-corrected chi connectivity index (χ3v) is 4.71. The maximum absolute atomic E-state index is 12.4. The lowest BCUT2D eigenvalue weighted by molar-refractivity contribution is -0.143. The Labute approximate surface area is 167 Å². The minimum absolute atomic E-state index is 0.146. The second kappa shape index (κ2) is 8.93. The molecule has 6 heteroatoms. The number of halogens is 1. The summed E-state index contributed by atoms with van der Waals surface area (Å²) in [4.78, 5) is 24.0. The SMILES string of the molecule is CCOC(=O)CCc1c(C)c2ccc(OCc3ccc(Cl)cc3)cc2oc1=O. The molecule has 2 aromatic carbocycles. The Kier molecular flexibility index (Phi) is 6.37. The van der Waals surface area contributed by atoms with E-state index in [9.17, 15) is 9.59 Å². The summed E-state index contributed by atoms with van der Waals surface area (Å²) in [6, 6.07) is 12.8. The number of rotatable bonds is 7. The Morgan fingerprint density at radius 1 is 1.14 bits per heavy atom. The highest BCUT2D eigenvalue weighted by molar-refractivity contribution is 6.30. The molecule has 28 heavy (non-hydrogen) atoms. The van der Waals surface area contributed by atoms with E-state index >= 15 is 0 Å². The predicted molar refractivity (Wildman–Crippen MR) is 108 cm³/mol. The average molecular weight is 401 g/mol. The van der Waals surface area contributed by atoms with Gasteiger partial charge in [0.05, 0.1) is 6.61 Å². The third-order valence-electron chi connectivity index (χ3n) is 4.46. The Bertz CT molecular complexity index is 1040. The van der Waals surface area contributed by atoms with Crippen LogP contribution in [0.15, 0.2) is 51.7 Å². The van der Waals surface area contributed by atoms with Crippen LogP contribution in [-0.2, 0) is 22.6 Å². The van der Waals surface area contributed by atoms with E-state index < -0.39 is 5.63 Å². The van der Waals surface area contributed by atoms with Crippen molar-refractivity contribution in [1.29, 1.82) is 0 Å². The van der Waals surface area contributed by atoms with Crippen LogP contribution in [0, 0.1) is 6.92 Å². The lowest BCUT2D eigenvalue weighted by Crippen LogP contribution is -2.13. The first kappa shape index (κ1) is 20.0. The molecule has 0 bridgehead atoms. The van der Waals surface area contributed by atoms with Crippen molar-refractivity contribution in [3.8, 4) is 5.75 Å². The molecule has 0 saturated carbocycles. The summed E-state index contributed by atoms with van der Waals surface area (Å²) in [6.45, 7) is 4.31. The lowest BCUT2D eigenvalue weighted by Gasteiger charge is -2.10. The zero-order valence-corrected chi connectivity index (χ0v) is 16.5. The second-order valence-corrected chi connectivity index (χ2v) is 6.81. The van der Waals surface area contributed by atoms with Gasteiger partial charge in [0, 0.05) is 28.5 Å². The van der Waals surface area contributed by atoms with Crippen LogP contribution in [0.3, 0.4) is 0 Å². The standard InChI is InChI=1S/C22H21ClO5/c1-3-26-21(24)11-10-19-14(2)18-9-8-17(12-20(18)28-22(19)25)27-13-15-4-6-16(23)7-5-15/h4-9,12H,3,10-11,13H2,1-2H3. The van der Waals surface area contributed by atoms with Gasteiger partial charge in [-0.25, -0.2) is 4.79 Å². The predicted octanol–water partition coefficient (Wildman–Crippen LogP) is 4.83. The largest absolute Gasteiger partial charge is 0.489 e. The van der Waals surface area contributed by atoms with Gasteiger partial charge in [0.15, 0.2) is 0 Å². The Balaban J connectivity index is 1.78. The van der Waals surface area contributed by atoms with Gasteiger partial charge < -0.3 is 13.9 Å². The van der Waals surface area contributed by atoms with Gasteiger partial charge in [0.1, 0.15) is 17.9 Å². The van der Waals surface area contributed by atoms with Gasteiger partial charge in [-0.1, -0.05) is 23.7 Å². The van der Waals surface area contributed by atoms with E-state index in [2.05, 4.69) is 0 Å². The van der Waals surface area contributed by atoms with Crippen LogP contribution in [0.25, 0.3) is 11.0 Å². The van der Waals surface area contributed by atoms with Gasteiger partial charge in [-0.3, -0.25) is 4.79 Å². The van der Waals surface area contributed by atoms with Crippen molar-refractivity contribution in [2.75, 3.05) is 6.61 Å². The number of carbonyl (C=O) groups excluding carboxylic acids is 1. The van der Waals surface area contributed by atoms with Gasteiger partial charge in [0.2, 0.25) is 0 Å². The fourth-order valence-corrected chi connectivity index (χ4v) is 3.09. The molecule has 1 aromatic heterocycles. The Morgan fingerprint density at radius 3 is 2.61 bits per heavy atom. The highest BCUT2D eigenvalue weighted by atomic mass is 35.5. The number of aryl methyl sites for hydroxylation is 1. The van der Waals surface area contributed by atoms with E-state index in [1.54, 1.807) is 25.1 Å². The molecule has 0 amide bonds. The van der Waals surface area contributed by atoms with Crippen molar-refractivity contribution < 1.29 is 18.7 Å². The molecule has 1 heterocycles. The minimum Gasteiger partial charge on any atom is -0.489 e. The van der Waals surface area contributed by atoms with Gasteiger partial charge in [-0.15, -0.1) is 0 Å². The third kappa shape index (κ3) is 4.73. The van der Waals surface area contributed by atoms with E-state index in [1.807, 2.05) is 31.2 Å². The number of hydrogen-bond acceptors (Lipinski definition) is 5. The molecular weight excluding hydrogens is 380 g/mol. The molecular formula is C22H21ClO5. The summed E-state index contributed by atoms with van der Waals surface area (Å²) in [5.41, 5.74) is 2.30. The summed E-state index contributed by atoms with van der Waals surface area (Å²) in [5.74, 6) is 0.275. The van der Waals surface area contributed by atoms with E-state index in [-0.39, 0.29) is 18.8 Å². The zero-order chi connectivity index (χ0) is 20.1. The quantitative estimate of drug-likeness (QED) is 0.420. The van der Waals surface area contributed by atoms with Gasteiger partial charge in [0.25, 0.3) is 0 Å². The first-order chi connectivity index (χ1) is 13.5. The van der Waals surface area contributed by atoms with Crippen molar-refractivity contribution in [3.05, 3.63) is 74.6 Å². The smallest absolute Gasteiger partial charge is 0.339 e. The molecule has 0 aliphatic carbocycles. The molecule has 146 valence electrons. The van der Waals surface area contributed by atoms with Gasteiger partial charge in [-0.05, 0) is 55.7 Å². The molecule has 0 unspecified atom stereocenters. The molecule has 0 radical (unpaired) electrons. The van der Waals surface area contributed by atoms with Crippen molar-refractivity contribution in [1.82, 2.24) is 0 Å². The van der Waals surface area contributed by atoms with E-state index in [1.165, 1.54) is 0 Å². The summed E-state index contributed by atoms with van der Waals surface area (Å²) < 4.78 is 16.2. The van der Waals surface area contributed by atoms with Crippen LogP contribution in [0.1, 0.15) is 30.0 Å². The summed E-state index contributed by atoms with van der Waals surface area (Å²) >= 11 is 5.88. The fourth-order valence-electron chi connectivity index (χ4n) is 2.96. The number of hydrogen-bond donors (Lipinski definition) is 0. The normalized spacial score (nSPS) is 10.8. The van der Waals surface area contributed by atoms with Crippen LogP contribution in [0.2, 0.25) is 5.02 Å². The van der Waals surface area contributed by atoms with Gasteiger partial charge in [-0.2, -0.15) is 0 Å². The van der Waals surface area contributed by atoms with Crippen molar-refractivity contribution >= 4 is 28.5 Å². The van der Waals surface area contributed by atoms with Crippen LogP contribution < -0.4 is 10.4 Å². The van der Waals surface area contributed by atoms with Crippen LogP contribution in [-0.4, -0.2) is 12.6 Å². The summed E-state index contributed by atoms with van der Waals surface area (Å²) in [7, 11) is 0. The molecule has 0 aliphatic rings. The monoisotopic (exact) mass is 400 g/mol. The van der Waals surface area contributed by atoms with Crippen molar-refractivity contribution in [3.63, 3.8) is 0 Å². The van der Waals surface area contributed by atoms with Crippen LogP contribution >= 0.6 is 11.6 Å². The summed E-state index contributed by atoms with van der Waals surface area (Å²) in [5, 5.41) is 1.49. The molecule has 5 nitrogen and oxygen atoms in total. The first-order valence-corrected chi connectivity index (χ1v) is 9.45. The average Bonchev–Trinajstić information content (AvgIpc) is 2.67. The number of carbonyl (C=O) groups is 1. The number of fused-ring (bicyclic) bond motifs is 1. The molecule has 3 aromatic rings. The molecule has 0 saturated heterocycles. The van der Waals surface area contributed by atoms with Crippen LogP contribution in [0.4, 0.5) is 0 Å². The summed E-state index contributed by atoms with van der Waals surface area (Å²) in [6.07, 6.45) is 0.436. The molecule has 0 aliphatic heterocycles. The van der Waals surface area contributed by atoms with E-state index in [0.717, 1.165) is 16.5 Å². The van der Waals surface area contributed by atoms with E-state index in [0.29, 0.717) is 35.1 Å².